The largest absolute Gasteiger partial charge is 0.491 e. The van der Waals surface area contributed by atoms with Gasteiger partial charge in [-0.2, -0.15) is 0 Å². The molecule has 1 heterocycles. The van der Waals surface area contributed by atoms with Crippen LogP contribution in [0, 0.1) is 0 Å². The summed E-state index contributed by atoms with van der Waals surface area (Å²) < 4.78 is 12.6. The minimum absolute atomic E-state index is 0.0478. The van der Waals surface area contributed by atoms with Crippen molar-refractivity contribution >= 4 is 11.6 Å². The van der Waals surface area contributed by atoms with E-state index in [-0.39, 0.29) is 18.0 Å². The van der Waals surface area contributed by atoms with Crippen LogP contribution >= 0.6 is 11.6 Å². The standard InChI is InChI=1S/C22H27ClN2O4/c1-4-17(6-5-12-23)11-15-28-20-21(26)25(14-13-24-20)18-7-9-19(10-8-18)29-16-22(2,3)27/h4-10,13-14,27H,11-12,15-16H2,1-3H3/b6-5-,17-4+. The second kappa shape index (κ2) is 10.8. The van der Waals surface area contributed by atoms with Crippen LogP contribution in [0.15, 0.2) is 65.3 Å². The summed E-state index contributed by atoms with van der Waals surface area (Å²) in [7, 11) is 0. The fourth-order valence-corrected chi connectivity index (χ4v) is 2.53. The number of hydrogen-bond donors (Lipinski definition) is 1. The fourth-order valence-electron chi connectivity index (χ4n) is 2.44. The van der Waals surface area contributed by atoms with Gasteiger partial charge in [-0.3, -0.25) is 9.36 Å². The zero-order valence-corrected chi connectivity index (χ0v) is 17.7. The first kappa shape index (κ1) is 22.7. The molecule has 2 aromatic rings. The van der Waals surface area contributed by atoms with Gasteiger partial charge in [0.2, 0.25) is 0 Å². The van der Waals surface area contributed by atoms with E-state index in [1.165, 1.54) is 10.8 Å². The van der Waals surface area contributed by atoms with Crippen molar-refractivity contribution in [1.29, 1.82) is 0 Å². The number of aliphatic hydroxyl groups is 1. The lowest BCUT2D eigenvalue weighted by Crippen LogP contribution is -2.27. The summed E-state index contributed by atoms with van der Waals surface area (Å²) in [5.74, 6) is 1.11. The lowest BCUT2D eigenvalue weighted by molar-refractivity contribution is 0.0285. The SMILES string of the molecule is C/C=C(\C=C/CCl)CCOc1nccn(-c2ccc(OCC(C)(C)O)cc2)c1=O. The minimum atomic E-state index is -0.917. The molecule has 0 amide bonds. The Bertz CT molecular complexity index is 896. The molecule has 1 aromatic carbocycles. The quantitative estimate of drug-likeness (QED) is 0.468. The second-order valence-electron chi connectivity index (χ2n) is 7.02. The average molecular weight is 419 g/mol. The van der Waals surface area contributed by atoms with E-state index >= 15 is 0 Å². The van der Waals surface area contributed by atoms with Crippen LogP contribution in [0.2, 0.25) is 0 Å². The van der Waals surface area contributed by atoms with Gasteiger partial charge < -0.3 is 14.6 Å². The molecule has 0 fully saturated rings. The number of ether oxygens (including phenoxy) is 2. The highest BCUT2D eigenvalue weighted by atomic mass is 35.5. The molecular formula is C22H27ClN2O4. The summed E-state index contributed by atoms with van der Waals surface area (Å²) in [5, 5.41) is 9.74. The predicted molar refractivity (Wildman–Crippen MR) is 115 cm³/mol. The van der Waals surface area contributed by atoms with E-state index < -0.39 is 5.60 Å². The van der Waals surface area contributed by atoms with Gasteiger partial charge in [0.15, 0.2) is 0 Å². The highest BCUT2D eigenvalue weighted by Crippen LogP contribution is 2.16. The first-order chi connectivity index (χ1) is 13.8. The number of nitrogens with zero attached hydrogens (tertiary/aromatic N) is 2. The van der Waals surface area contributed by atoms with Crippen LogP contribution in [0.1, 0.15) is 27.2 Å². The second-order valence-corrected chi connectivity index (χ2v) is 7.33. The molecule has 0 saturated heterocycles. The van der Waals surface area contributed by atoms with Gasteiger partial charge in [0.1, 0.15) is 12.4 Å². The fraction of sp³-hybridized carbons (Fsp3) is 0.364. The molecule has 1 aromatic heterocycles. The summed E-state index contributed by atoms with van der Waals surface area (Å²) in [5.41, 5.74) is 0.482. The number of allylic oxidation sites excluding steroid dienone is 3. The lowest BCUT2D eigenvalue weighted by Gasteiger charge is -2.18. The van der Waals surface area contributed by atoms with E-state index in [1.807, 2.05) is 25.2 Å². The summed E-state index contributed by atoms with van der Waals surface area (Å²) in [6, 6.07) is 7.02. The van der Waals surface area contributed by atoms with E-state index in [2.05, 4.69) is 4.98 Å². The van der Waals surface area contributed by atoms with Crippen LogP contribution in [0.5, 0.6) is 11.6 Å². The molecule has 6 nitrogen and oxygen atoms in total. The maximum absolute atomic E-state index is 12.7. The molecule has 156 valence electrons. The van der Waals surface area contributed by atoms with Crippen LogP contribution in [0.3, 0.4) is 0 Å². The number of benzene rings is 1. The normalized spacial score (nSPS) is 12.4. The first-order valence-corrected chi connectivity index (χ1v) is 9.91. The molecule has 0 aliphatic heterocycles. The summed E-state index contributed by atoms with van der Waals surface area (Å²) in [6.07, 6.45) is 9.54. The molecule has 0 saturated carbocycles. The number of rotatable bonds is 10. The Kier molecular flexibility index (Phi) is 8.49. The Labute approximate surface area is 176 Å². The minimum Gasteiger partial charge on any atom is -0.491 e. The lowest BCUT2D eigenvalue weighted by atomic mass is 10.2. The van der Waals surface area contributed by atoms with E-state index in [0.717, 1.165) is 5.57 Å². The topological polar surface area (TPSA) is 73.6 Å². The predicted octanol–water partition coefficient (Wildman–Crippen LogP) is 3.89. The van der Waals surface area contributed by atoms with Crippen LogP contribution in [0.4, 0.5) is 0 Å². The van der Waals surface area contributed by atoms with Crippen molar-refractivity contribution in [3.63, 3.8) is 0 Å². The Morgan fingerprint density at radius 2 is 2.00 bits per heavy atom. The Morgan fingerprint density at radius 3 is 2.62 bits per heavy atom. The van der Waals surface area contributed by atoms with Gasteiger partial charge in [-0.15, -0.1) is 11.6 Å². The molecule has 0 spiro atoms. The van der Waals surface area contributed by atoms with Crippen LogP contribution < -0.4 is 15.0 Å². The Hall–Kier alpha value is -2.57. The van der Waals surface area contributed by atoms with Gasteiger partial charge in [-0.1, -0.05) is 18.2 Å². The van der Waals surface area contributed by atoms with Crippen molar-refractivity contribution in [2.75, 3.05) is 19.1 Å². The van der Waals surface area contributed by atoms with E-state index in [1.54, 1.807) is 44.3 Å². The Morgan fingerprint density at radius 1 is 1.28 bits per heavy atom. The maximum Gasteiger partial charge on any atom is 0.317 e. The van der Waals surface area contributed by atoms with Gasteiger partial charge in [0.25, 0.3) is 5.88 Å². The number of aromatic nitrogens is 2. The molecule has 0 atom stereocenters. The van der Waals surface area contributed by atoms with Gasteiger partial charge in [0, 0.05) is 30.4 Å². The van der Waals surface area contributed by atoms with Crippen LogP contribution in [0.25, 0.3) is 5.69 Å². The molecule has 29 heavy (non-hydrogen) atoms. The third-order valence-corrected chi connectivity index (χ3v) is 4.12. The molecular weight excluding hydrogens is 392 g/mol. The monoisotopic (exact) mass is 418 g/mol. The first-order valence-electron chi connectivity index (χ1n) is 9.38. The third kappa shape index (κ3) is 7.40. The van der Waals surface area contributed by atoms with E-state index in [4.69, 9.17) is 21.1 Å². The smallest absolute Gasteiger partial charge is 0.317 e. The van der Waals surface area contributed by atoms with Crippen molar-refractivity contribution in [2.45, 2.75) is 32.8 Å². The van der Waals surface area contributed by atoms with Gasteiger partial charge in [-0.05, 0) is 50.6 Å². The molecule has 0 unspecified atom stereocenters. The van der Waals surface area contributed by atoms with Crippen molar-refractivity contribution in [3.05, 3.63) is 70.8 Å². The molecule has 1 N–H and O–H groups in total. The van der Waals surface area contributed by atoms with Gasteiger partial charge >= 0.3 is 5.56 Å². The van der Waals surface area contributed by atoms with Gasteiger partial charge in [0.05, 0.1) is 12.2 Å². The summed E-state index contributed by atoms with van der Waals surface area (Å²) in [4.78, 5) is 16.8. The Balaban J connectivity index is 2.06. The summed E-state index contributed by atoms with van der Waals surface area (Å²) in [6.45, 7) is 5.80. The van der Waals surface area contributed by atoms with E-state index in [0.29, 0.717) is 30.3 Å². The van der Waals surface area contributed by atoms with E-state index in [9.17, 15) is 9.90 Å². The van der Waals surface area contributed by atoms with Crippen molar-refractivity contribution < 1.29 is 14.6 Å². The molecule has 0 aliphatic carbocycles. The number of halogens is 1. The molecule has 0 aliphatic rings. The zero-order chi connectivity index (χ0) is 21.3. The maximum atomic E-state index is 12.7. The summed E-state index contributed by atoms with van der Waals surface area (Å²) >= 11 is 5.66. The molecule has 2 rings (SSSR count). The average Bonchev–Trinajstić information content (AvgIpc) is 2.70. The highest BCUT2D eigenvalue weighted by molar-refractivity contribution is 6.18. The van der Waals surface area contributed by atoms with Crippen LogP contribution in [-0.4, -0.2) is 39.4 Å². The van der Waals surface area contributed by atoms with Crippen molar-refractivity contribution in [1.82, 2.24) is 9.55 Å². The molecule has 0 radical (unpaired) electrons. The number of hydrogen-bond acceptors (Lipinski definition) is 5. The van der Waals surface area contributed by atoms with Crippen molar-refractivity contribution in [3.8, 4) is 17.3 Å². The van der Waals surface area contributed by atoms with Gasteiger partial charge in [-0.25, -0.2) is 4.98 Å². The van der Waals surface area contributed by atoms with Crippen LogP contribution in [-0.2, 0) is 0 Å². The third-order valence-electron chi connectivity index (χ3n) is 3.94. The molecule has 7 heteroatoms. The zero-order valence-electron chi connectivity index (χ0n) is 17.0. The van der Waals surface area contributed by atoms with Crippen molar-refractivity contribution in [2.24, 2.45) is 0 Å². The highest BCUT2D eigenvalue weighted by Gasteiger charge is 2.13. The number of alkyl halides is 1. The molecule has 0 bridgehead atoms.